The number of carbonyl (C=O) groups is 1. The molecule has 0 N–H and O–H groups in total. The molecule has 23 heavy (non-hydrogen) atoms. The second-order valence-corrected chi connectivity index (χ2v) is 8.38. The molecule has 1 aliphatic rings. The molecule has 0 radical (unpaired) electrons. The molecule has 3 rings (SSSR count). The summed E-state index contributed by atoms with van der Waals surface area (Å²) in [5, 5.41) is 0. The van der Waals surface area contributed by atoms with Gasteiger partial charge in [-0.2, -0.15) is 0 Å². The van der Waals surface area contributed by atoms with Gasteiger partial charge in [-0.05, 0) is 18.1 Å². The molecule has 1 unspecified atom stereocenters. The SMILES string of the molecule is C/C(=C\C(C(=O)c1ccccc1)C1SCCS1)c1ccccc1. The third-order valence-corrected chi connectivity index (χ3v) is 7.16. The van der Waals surface area contributed by atoms with Gasteiger partial charge >= 0.3 is 0 Å². The molecule has 1 heterocycles. The zero-order valence-corrected chi connectivity index (χ0v) is 14.8. The fraction of sp³-hybridized carbons (Fsp3) is 0.250. The average molecular weight is 341 g/mol. The van der Waals surface area contributed by atoms with Crippen LogP contribution in [0.15, 0.2) is 66.7 Å². The summed E-state index contributed by atoms with van der Waals surface area (Å²) in [6, 6.07) is 20.0. The molecule has 2 aromatic carbocycles. The second-order valence-electron chi connectivity index (χ2n) is 5.58. The fourth-order valence-electron chi connectivity index (χ4n) is 2.72. The van der Waals surface area contributed by atoms with E-state index < -0.39 is 0 Å². The number of allylic oxidation sites excluding steroid dienone is 2. The Bertz CT molecular complexity index is 673. The highest BCUT2D eigenvalue weighted by Crippen LogP contribution is 2.40. The van der Waals surface area contributed by atoms with Gasteiger partial charge in [0.1, 0.15) is 0 Å². The van der Waals surface area contributed by atoms with Crippen molar-refractivity contribution in [3.05, 3.63) is 77.9 Å². The number of benzene rings is 2. The van der Waals surface area contributed by atoms with E-state index in [2.05, 4.69) is 25.1 Å². The summed E-state index contributed by atoms with van der Waals surface area (Å²) in [4.78, 5) is 13.0. The van der Waals surface area contributed by atoms with Gasteiger partial charge in [0.15, 0.2) is 5.78 Å². The summed E-state index contributed by atoms with van der Waals surface area (Å²) >= 11 is 3.82. The highest BCUT2D eigenvalue weighted by atomic mass is 32.2. The summed E-state index contributed by atoms with van der Waals surface area (Å²) < 4.78 is 0.321. The zero-order valence-electron chi connectivity index (χ0n) is 13.1. The molecule has 1 nitrogen and oxygen atoms in total. The molecule has 1 saturated heterocycles. The first-order valence-electron chi connectivity index (χ1n) is 7.82. The number of Topliss-reactive ketones (excluding diaryl/α,β-unsaturated/α-hetero) is 1. The number of hydrogen-bond donors (Lipinski definition) is 0. The van der Waals surface area contributed by atoms with Crippen molar-refractivity contribution in [3.8, 4) is 0 Å². The first-order chi connectivity index (χ1) is 11.3. The van der Waals surface area contributed by atoms with Crippen LogP contribution in [-0.4, -0.2) is 21.9 Å². The van der Waals surface area contributed by atoms with Gasteiger partial charge in [-0.25, -0.2) is 0 Å². The fourth-order valence-corrected chi connectivity index (χ4v) is 5.74. The van der Waals surface area contributed by atoms with Crippen molar-refractivity contribution in [1.29, 1.82) is 0 Å². The van der Waals surface area contributed by atoms with E-state index in [-0.39, 0.29) is 11.7 Å². The maximum absolute atomic E-state index is 13.0. The van der Waals surface area contributed by atoms with E-state index in [1.165, 1.54) is 11.1 Å². The van der Waals surface area contributed by atoms with Crippen LogP contribution in [0.4, 0.5) is 0 Å². The van der Waals surface area contributed by atoms with Crippen LogP contribution in [0.3, 0.4) is 0 Å². The lowest BCUT2D eigenvalue weighted by atomic mass is 9.95. The Morgan fingerprint density at radius 1 is 0.957 bits per heavy atom. The van der Waals surface area contributed by atoms with Gasteiger partial charge in [-0.3, -0.25) is 4.79 Å². The molecule has 1 aliphatic heterocycles. The van der Waals surface area contributed by atoms with Crippen LogP contribution in [0.25, 0.3) is 5.57 Å². The minimum absolute atomic E-state index is 0.0740. The monoisotopic (exact) mass is 340 g/mol. The van der Waals surface area contributed by atoms with Crippen molar-refractivity contribution in [2.75, 3.05) is 11.5 Å². The lowest BCUT2D eigenvalue weighted by Gasteiger charge is -2.19. The van der Waals surface area contributed by atoms with Crippen molar-refractivity contribution in [3.63, 3.8) is 0 Å². The summed E-state index contributed by atoms with van der Waals surface area (Å²) in [5.41, 5.74) is 3.17. The first kappa shape index (κ1) is 16.4. The minimum Gasteiger partial charge on any atom is -0.293 e. The third kappa shape index (κ3) is 4.10. The van der Waals surface area contributed by atoms with Crippen LogP contribution in [0.1, 0.15) is 22.8 Å². The molecule has 3 heteroatoms. The predicted octanol–water partition coefficient (Wildman–Crippen LogP) is 5.40. The van der Waals surface area contributed by atoms with Crippen molar-refractivity contribution in [2.24, 2.45) is 5.92 Å². The van der Waals surface area contributed by atoms with Crippen LogP contribution in [-0.2, 0) is 0 Å². The Kier molecular flexibility index (Phi) is 5.63. The maximum Gasteiger partial charge on any atom is 0.171 e. The molecule has 0 saturated carbocycles. The van der Waals surface area contributed by atoms with Gasteiger partial charge < -0.3 is 0 Å². The van der Waals surface area contributed by atoms with Gasteiger partial charge in [0.25, 0.3) is 0 Å². The third-order valence-electron chi connectivity index (χ3n) is 3.96. The minimum atomic E-state index is -0.0740. The summed E-state index contributed by atoms with van der Waals surface area (Å²) in [6.45, 7) is 2.10. The molecule has 0 amide bonds. The second kappa shape index (κ2) is 7.89. The Balaban J connectivity index is 1.91. The Morgan fingerprint density at radius 3 is 2.04 bits per heavy atom. The van der Waals surface area contributed by atoms with E-state index in [4.69, 9.17) is 0 Å². The number of hydrogen-bond acceptors (Lipinski definition) is 3. The number of ketones is 1. The first-order valence-corrected chi connectivity index (χ1v) is 9.92. The Labute approximate surface area is 146 Å². The quantitative estimate of drug-likeness (QED) is 0.679. The maximum atomic E-state index is 13.0. The van der Waals surface area contributed by atoms with Crippen LogP contribution < -0.4 is 0 Å². The number of carbonyl (C=O) groups excluding carboxylic acids is 1. The number of thioether (sulfide) groups is 2. The van der Waals surface area contributed by atoms with E-state index in [1.54, 1.807) is 0 Å². The lowest BCUT2D eigenvalue weighted by Crippen LogP contribution is -2.21. The molecular formula is C20H20OS2. The number of rotatable bonds is 5. The van der Waals surface area contributed by atoms with Gasteiger partial charge in [0.05, 0.1) is 10.5 Å². The Morgan fingerprint density at radius 2 is 1.48 bits per heavy atom. The van der Waals surface area contributed by atoms with E-state index >= 15 is 0 Å². The van der Waals surface area contributed by atoms with Crippen molar-refractivity contribution in [2.45, 2.75) is 11.5 Å². The summed E-state index contributed by atoms with van der Waals surface area (Å²) in [5.74, 6) is 2.42. The van der Waals surface area contributed by atoms with Crippen LogP contribution >= 0.6 is 23.5 Å². The molecule has 2 aromatic rings. The van der Waals surface area contributed by atoms with Gasteiger partial charge in [0, 0.05) is 17.1 Å². The molecule has 0 aromatic heterocycles. The molecule has 0 spiro atoms. The van der Waals surface area contributed by atoms with Gasteiger partial charge in [-0.15, -0.1) is 23.5 Å². The smallest absolute Gasteiger partial charge is 0.171 e. The molecule has 1 fully saturated rings. The van der Waals surface area contributed by atoms with Crippen molar-refractivity contribution >= 4 is 34.9 Å². The van der Waals surface area contributed by atoms with E-state index in [9.17, 15) is 4.79 Å². The normalized spacial score (nSPS) is 17.2. The lowest BCUT2D eigenvalue weighted by molar-refractivity contribution is 0.0952. The Hall–Kier alpha value is -1.45. The van der Waals surface area contributed by atoms with E-state index in [1.807, 2.05) is 72.1 Å². The highest BCUT2D eigenvalue weighted by Gasteiger charge is 2.31. The van der Waals surface area contributed by atoms with Crippen LogP contribution in [0.2, 0.25) is 0 Å². The average Bonchev–Trinajstić information content (AvgIpc) is 3.15. The van der Waals surface area contributed by atoms with E-state index in [0.717, 1.165) is 17.1 Å². The summed E-state index contributed by atoms with van der Waals surface area (Å²) in [7, 11) is 0. The highest BCUT2D eigenvalue weighted by molar-refractivity contribution is 8.20. The van der Waals surface area contributed by atoms with Crippen molar-refractivity contribution < 1.29 is 4.79 Å². The summed E-state index contributed by atoms with van der Waals surface area (Å²) in [6.07, 6.45) is 2.17. The van der Waals surface area contributed by atoms with Crippen LogP contribution in [0.5, 0.6) is 0 Å². The predicted molar refractivity (Wildman–Crippen MR) is 103 cm³/mol. The van der Waals surface area contributed by atoms with Crippen molar-refractivity contribution in [1.82, 2.24) is 0 Å². The molecule has 0 aliphatic carbocycles. The van der Waals surface area contributed by atoms with Gasteiger partial charge in [-0.1, -0.05) is 66.7 Å². The molecule has 1 atom stereocenters. The van der Waals surface area contributed by atoms with E-state index in [0.29, 0.717) is 4.58 Å². The van der Waals surface area contributed by atoms with Crippen LogP contribution in [0, 0.1) is 5.92 Å². The topological polar surface area (TPSA) is 17.1 Å². The van der Waals surface area contributed by atoms with Gasteiger partial charge in [0.2, 0.25) is 0 Å². The molecule has 0 bridgehead atoms. The zero-order chi connectivity index (χ0) is 16.1. The molecule has 118 valence electrons. The standard InChI is InChI=1S/C20H20OS2/c1-15(16-8-4-2-5-9-16)14-18(20-22-12-13-23-20)19(21)17-10-6-3-7-11-17/h2-11,14,18,20H,12-13H2,1H3/b15-14+. The largest absolute Gasteiger partial charge is 0.293 e. The molecular weight excluding hydrogens is 320 g/mol.